The van der Waals surface area contributed by atoms with Crippen molar-refractivity contribution in [2.24, 2.45) is 0 Å². The molecule has 0 spiro atoms. The Morgan fingerprint density at radius 2 is 1.89 bits per heavy atom. The Morgan fingerprint density at radius 1 is 1.16 bits per heavy atom. The van der Waals surface area contributed by atoms with Crippen molar-refractivity contribution in [2.75, 3.05) is 46.4 Å². The second-order valence-electron chi connectivity index (χ2n) is 3.70. The summed E-state index contributed by atoms with van der Waals surface area (Å²) < 4.78 is 20.1. The van der Waals surface area contributed by atoms with Gasteiger partial charge in [0.2, 0.25) is 0 Å². The molecule has 6 nitrogen and oxygen atoms in total. The largest absolute Gasteiger partial charge is 0.495 e. The Balaban J connectivity index is 2.37. The summed E-state index contributed by atoms with van der Waals surface area (Å²) in [6.07, 6.45) is 0. The predicted molar refractivity (Wildman–Crippen MR) is 70.4 cm³/mol. The van der Waals surface area contributed by atoms with Crippen molar-refractivity contribution >= 4 is 11.7 Å². The molecule has 0 bridgehead atoms. The van der Waals surface area contributed by atoms with Crippen LogP contribution in [-0.2, 0) is 14.2 Å². The first-order valence-corrected chi connectivity index (χ1v) is 5.86. The normalized spacial score (nSPS) is 10.2. The number of methoxy groups -OCH3 is 2. The third-order valence-electron chi connectivity index (χ3n) is 2.36. The van der Waals surface area contributed by atoms with Crippen LogP contribution in [0.15, 0.2) is 18.2 Å². The molecular weight excluding hydrogens is 250 g/mol. The minimum atomic E-state index is -0.436. The van der Waals surface area contributed by atoms with Crippen molar-refractivity contribution < 1.29 is 23.7 Å². The van der Waals surface area contributed by atoms with Crippen LogP contribution in [0.1, 0.15) is 10.4 Å². The molecule has 2 N–H and O–H groups in total. The third-order valence-corrected chi connectivity index (χ3v) is 2.36. The van der Waals surface area contributed by atoms with E-state index in [1.165, 1.54) is 7.11 Å². The van der Waals surface area contributed by atoms with Crippen LogP contribution in [-0.4, -0.2) is 46.6 Å². The molecule has 0 atom stereocenters. The van der Waals surface area contributed by atoms with E-state index < -0.39 is 5.97 Å². The maximum Gasteiger partial charge on any atom is 0.338 e. The molecule has 0 aliphatic heterocycles. The molecule has 0 aliphatic rings. The van der Waals surface area contributed by atoms with Crippen LogP contribution >= 0.6 is 0 Å². The van der Waals surface area contributed by atoms with E-state index in [1.54, 1.807) is 25.3 Å². The summed E-state index contributed by atoms with van der Waals surface area (Å²) in [6.45, 7) is 1.52. The molecule has 1 aromatic carbocycles. The van der Waals surface area contributed by atoms with Crippen LogP contribution in [0.2, 0.25) is 0 Å². The molecule has 0 amide bonds. The summed E-state index contributed by atoms with van der Waals surface area (Å²) in [5.74, 6) is 0.0134. The number of nitrogens with two attached hydrogens (primary N) is 1. The van der Waals surface area contributed by atoms with Crippen molar-refractivity contribution in [1.29, 1.82) is 0 Å². The second kappa shape index (κ2) is 8.34. The van der Waals surface area contributed by atoms with Crippen molar-refractivity contribution in [2.45, 2.75) is 0 Å². The van der Waals surface area contributed by atoms with E-state index in [0.717, 1.165) is 0 Å². The Labute approximate surface area is 112 Å². The number of rotatable bonds is 8. The van der Waals surface area contributed by atoms with Crippen LogP contribution in [0, 0.1) is 0 Å². The fourth-order valence-corrected chi connectivity index (χ4v) is 1.36. The van der Waals surface area contributed by atoms with Crippen LogP contribution in [0.25, 0.3) is 0 Å². The molecule has 1 aromatic rings. The Hall–Kier alpha value is -1.79. The Kier molecular flexibility index (Phi) is 6.70. The van der Waals surface area contributed by atoms with E-state index >= 15 is 0 Å². The van der Waals surface area contributed by atoms with Crippen LogP contribution in [0.4, 0.5) is 5.69 Å². The Bertz CT molecular complexity index is 408. The number of carbonyl (C=O) groups is 1. The summed E-state index contributed by atoms with van der Waals surface area (Å²) in [4.78, 5) is 11.7. The lowest BCUT2D eigenvalue weighted by molar-refractivity contribution is 0.0213. The molecule has 0 saturated heterocycles. The third kappa shape index (κ3) is 5.15. The van der Waals surface area contributed by atoms with Gasteiger partial charge in [-0.05, 0) is 18.2 Å². The number of hydrogen-bond acceptors (Lipinski definition) is 6. The fourth-order valence-electron chi connectivity index (χ4n) is 1.36. The molecule has 106 valence electrons. The number of ether oxygens (including phenoxy) is 4. The van der Waals surface area contributed by atoms with Gasteiger partial charge in [-0.2, -0.15) is 0 Å². The molecule has 6 heteroatoms. The predicted octanol–water partition coefficient (Wildman–Crippen LogP) is 1.10. The van der Waals surface area contributed by atoms with Gasteiger partial charge in [0.15, 0.2) is 0 Å². The average molecular weight is 269 g/mol. The monoisotopic (exact) mass is 269 g/mol. The highest BCUT2D eigenvalue weighted by molar-refractivity contribution is 5.90. The topological polar surface area (TPSA) is 80.0 Å². The van der Waals surface area contributed by atoms with Crippen LogP contribution in [0.3, 0.4) is 0 Å². The van der Waals surface area contributed by atoms with Gasteiger partial charge < -0.3 is 24.7 Å². The van der Waals surface area contributed by atoms with Crippen LogP contribution in [0.5, 0.6) is 5.75 Å². The molecule has 19 heavy (non-hydrogen) atoms. The van der Waals surface area contributed by atoms with E-state index in [9.17, 15) is 4.79 Å². The van der Waals surface area contributed by atoms with Crippen molar-refractivity contribution in [3.63, 3.8) is 0 Å². The molecule has 0 radical (unpaired) electrons. The summed E-state index contributed by atoms with van der Waals surface area (Å²) >= 11 is 0. The summed E-state index contributed by atoms with van der Waals surface area (Å²) in [5, 5.41) is 0. The van der Waals surface area contributed by atoms with E-state index in [1.807, 2.05) is 0 Å². The Morgan fingerprint density at radius 3 is 2.58 bits per heavy atom. The average Bonchev–Trinajstić information content (AvgIpc) is 2.43. The minimum absolute atomic E-state index is 0.190. The van der Waals surface area contributed by atoms with Gasteiger partial charge in [0.25, 0.3) is 0 Å². The number of hydrogen-bond donors (Lipinski definition) is 1. The van der Waals surface area contributed by atoms with Gasteiger partial charge in [0.1, 0.15) is 12.4 Å². The van der Waals surface area contributed by atoms with Crippen molar-refractivity contribution in [3.8, 4) is 5.75 Å². The first kappa shape index (κ1) is 15.3. The minimum Gasteiger partial charge on any atom is -0.495 e. The standard InChI is InChI=1S/C13H19NO5/c1-16-5-6-18-7-8-19-13(15)10-3-4-11(14)12(9-10)17-2/h3-4,9H,5-8,14H2,1-2H3. The molecule has 0 heterocycles. The van der Waals surface area contributed by atoms with Gasteiger partial charge >= 0.3 is 5.97 Å². The van der Waals surface area contributed by atoms with Gasteiger partial charge in [0.05, 0.1) is 38.2 Å². The lowest BCUT2D eigenvalue weighted by Crippen LogP contribution is -2.12. The fraction of sp³-hybridized carbons (Fsp3) is 0.462. The second-order valence-corrected chi connectivity index (χ2v) is 3.70. The first-order valence-electron chi connectivity index (χ1n) is 5.86. The zero-order valence-corrected chi connectivity index (χ0v) is 11.2. The zero-order valence-electron chi connectivity index (χ0n) is 11.2. The van der Waals surface area contributed by atoms with Gasteiger partial charge in [-0.1, -0.05) is 0 Å². The molecule has 0 saturated carbocycles. The highest BCUT2D eigenvalue weighted by Crippen LogP contribution is 2.22. The molecule has 0 aromatic heterocycles. The number of nitrogen functional groups attached to an aromatic ring is 1. The molecule has 0 unspecified atom stereocenters. The first-order chi connectivity index (χ1) is 9.19. The van der Waals surface area contributed by atoms with E-state index in [0.29, 0.717) is 36.8 Å². The van der Waals surface area contributed by atoms with Gasteiger partial charge in [-0.15, -0.1) is 0 Å². The van der Waals surface area contributed by atoms with E-state index in [-0.39, 0.29) is 6.61 Å². The lowest BCUT2D eigenvalue weighted by Gasteiger charge is -2.08. The maximum absolute atomic E-state index is 11.7. The summed E-state index contributed by atoms with van der Waals surface area (Å²) in [5.41, 5.74) is 6.52. The molecule has 0 aliphatic carbocycles. The van der Waals surface area contributed by atoms with Gasteiger partial charge in [-0.3, -0.25) is 0 Å². The SMILES string of the molecule is COCCOCCOC(=O)c1ccc(N)c(OC)c1. The summed E-state index contributed by atoms with van der Waals surface area (Å²) in [6, 6.07) is 4.74. The maximum atomic E-state index is 11.7. The van der Waals surface area contributed by atoms with Crippen LogP contribution < -0.4 is 10.5 Å². The lowest BCUT2D eigenvalue weighted by atomic mass is 10.2. The van der Waals surface area contributed by atoms with Crippen molar-refractivity contribution in [1.82, 2.24) is 0 Å². The van der Waals surface area contributed by atoms with E-state index in [2.05, 4.69) is 0 Å². The van der Waals surface area contributed by atoms with Gasteiger partial charge in [0, 0.05) is 7.11 Å². The number of esters is 1. The summed E-state index contributed by atoms with van der Waals surface area (Å²) in [7, 11) is 3.09. The smallest absolute Gasteiger partial charge is 0.338 e. The number of benzene rings is 1. The highest BCUT2D eigenvalue weighted by atomic mass is 16.6. The van der Waals surface area contributed by atoms with Crippen molar-refractivity contribution in [3.05, 3.63) is 23.8 Å². The van der Waals surface area contributed by atoms with Gasteiger partial charge in [-0.25, -0.2) is 4.79 Å². The molecule has 0 fully saturated rings. The number of carbonyl (C=O) groups excluding carboxylic acids is 1. The number of anilines is 1. The quantitative estimate of drug-likeness (QED) is 0.432. The van der Waals surface area contributed by atoms with E-state index in [4.69, 9.17) is 24.7 Å². The zero-order chi connectivity index (χ0) is 14.1. The highest BCUT2D eigenvalue weighted by Gasteiger charge is 2.09. The molecule has 1 rings (SSSR count). The molecular formula is C13H19NO5.